The Bertz CT molecular complexity index is 571. The van der Waals surface area contributed by atoms with E-state index in [2.05, 4.69) is 4.98 Å². The molecule has 5 nitrogen and oxygen atoms in total. The summed E-state index contributed by atoms with van der Waals surface area (Å²) < 4.78 is 5.33. The Morgan fingerprint density at radius 3 is 2.94 bits per heavy atom. The molecule has 0 saturated carbocycles. The lowest BCUT2D eigenvalue weighted by molar-refractivity contribution is 0.0217. The fraction of sp³-hybridized carbons (Fsp3) is 0.333. The van der Waals surface area contributed by atoms with Crippen LogP contribution in [-0.2, 0) is 0 Å². The first-order chi connectivity index (χ1) is 8.11. The topological polar surface area (TPSA) is 90.3 Å². The van der Waals surface area contributed by atoms with Gasteiger partial charge >= 0.3 is 0 Å². The lowest BCUT2D eigenvalue weighted by Gasteiger charge is -2.14. The van der Waals surface area contributed by atoms with Gasteiger partial charge < -0.3 is 14.6 Å². The van der Waals surface area contributed by atoms with Crippen LogP contribution in [0.5, 0.6) is 0 Å². The molecule has 0 aliphatic carbocycles. The van der Waals surface area contributed by atoms with Crippen LogP contribution in [-0.4, -0.2) is 21.3 Å². The molecule has 2 rings (SSSR count). The van der Waals surface area contributed by atoms with Crippen molar-refractivity contribution in [2.75, 3.05) is 0 Å². The molecule has 0 bridgehead atoms. The van der Waals surface area contributed by atoms with Gasteiger partial charge in [0.15, 0.2) is 11.5 Å². The number of aryl methyl sites for hydroxylation is 1. The molecule has 1 heterocycles. The molecule has 0 amide bonds. The zero-order valence-corrected chi connectivity index (χ0v) is 9.29. The molecular weight excluding hydrogens is 220 g/mol. The lowest BCUT2D eigenvalue weighted by Crippen LogP contribution is -2.17. The smallest absolute Gasteiger partial charge is 0.192 e. The maximum atomic E-state index is 9.82. The van der Waals surface area contributed by atoms with Gasteiger partial charge in [0.25, 0.3) is 0 Å². The van der Waals surface area contributed by atoms with Gasteiger partial charge in [0, 0.05) is 6.92 Å². The van der Waals surface area contributed by atoms with Gasteiger partial charge in [-0.25, -0.2) is 4.98 Å². The monoisotopic (exact) mass is 232 g/mol. The van der Waals surface area contributed by atoms with Crippen LogP contribution in [0, 0.1) is 18.3 Å². The summed E-state index contributed by atoms with van der Waals surface area (Å²) in [4.78, 5) is 4.13. The molecule has 88 valence electrons. The summed E-state index contributed by atoms with van der Waals surface area (Å²) in [5.41, 5.74) is 1.77. The first-order valence-electron chi connectivity index (χ1n) is 5.22. The number of aliphatic hydroxyl groups is 2. The number of nitriles is 1. The molecule has 2 N–H and O–H groups in total. The van der Waals surface area contributed by atoms with E-state index >= 15 is 0 Å². The number of rotatable bonds is 3. The standard InChI is InChI=1S/C12H12N2O3/c1-7-14-9-3-2-8(6-11(9)17-7)12(16)10(15)4-5-13/h2-3,6,10,12,15-16H,4H2,1H3. The summed E-state index contributed by atoms with van der Waals surface area (Å²) in [5, 5.41) is 27.8. The highest BCUT2D eigenvalue weighted by atomic mass is 16.3. The Balaban J connectivity index is 2.32. The van der Waals surface area contributed by atoms with Gasteiger partial charge in [0.1, 0.15) is 11.6 Å². The highest BCUT2D eigenvalue weighted by Crippen LogP contribution is 2.23. The van der Waals surface area contributed by atoms with Crippen LogP contribution in [0.15, 0.2) is 22.6 Å². The summed E-state index contributed by atoms with van der Waals surface area (Å²) in [6.45, 7) is 1.74. The minimum Gasteiger partial charge on any atom is -0.441 e. The van der Waals surface area contributed by atoms with E-state index in [4.69, 9.17) is 9.68 Å². The van der Waals surface area contributed by atoms with E-state index in [-0.39, 0.29) is 6.42 Å². The molecule has 0 aliphatic rings. The maximum absolute atomic E-state index is 9.82. The van der Waals surface area contributed by atoms with Crippen molar-refractivity contribution in [3.8, 4) is 6.07 Å². The van der Waals surface area contributed by atoms with Gasteiger partial charge in [-0.15, -0.1) is 0 Å². The van der Waals surface area contributed by atoms with Crippen molar-refractivity contribution < 1.29 is 14.6 Å². The van der Waals surface area contributed by atoms with Gasteiger partial charge in [-0.2, -0.15) is 5.26 Å². The van der Waals surface area contributed by atoms with Crippen molar-refractivity contribution in [1.29, 1.82) is 5.26 Å². The summed E-state index contributed by atoms with van der Waals surface area (Å²) >= 11 is 0. The first-order valence-corrected chi connectivity index (χ1v) is 5.22. The highest BCUT2D eigenvalue weighted by molar-refractivity contribution is 5.73. The first kappa shape index (κ1) is 11.6. The van der Waals surface area contributed by atoms with Crippen molar-refractivity contribution in [1.82, 2.24) is 4.98 Å². The van der Waals surface area contributed by atoms with E-state index in [1.807, 2.05) is 6.07 Å². The molecule has 1 aromatic carbocycles. The Morgan fingerprint density at radius 2 is 2.24 bits per heavy atom. The van der Waals surface area contributed by atoms with E-state index in [0.717, 1.165) is 0 Å². The quantitative estimate of drug-likeness (QED) is 0.835. The number of benzene rings is 1. The van der Waals surface area contributed by atoms with Crippen molar-refractivity contribution in [2.45, 2.75) is 25.6 Å². The highest BCUT2D eigenvalue weighted by Gasteiger charge is 2.19. The summed E-state index contributed by atoms with van der Waals surface area (Å²) in [6.07, 6.45) is -2.31. The minimum atomic E-state index is -1.10. The second-order valence-corrected chi connectivity index (χ2v) is 3.83. The molecule has 2 atom stereocenters. The third-order valence-electron chi connectivity index (χ3n) is 2.53. The summed E-state index contributed by atoms with van der Waals surface area (Å²) in [6, 6.07) is 6.81. The SMILES string of the molecule is Cc1nc2ccc(C(O)C(O)CC#N)cc2o1. The third kappa shape index (κ3) is 2.28. The molecule has 0 spiro atoms. The van der Waals surface area contributed by atoms with Crippen molar-refractivity contribution in [2.24, 2.45) is 0 Å². The number of aliphatic hydroxyl groups excluding tert-OH is 2. The van der Waals surface area contributed by atoms with Gasteiger partial charge in [-0.05, 0) is 17.7 Å². The molecule has 0 saturated heterocycles. The lowest BCUT2D eigenvalue weighted by atomic mass is 10.0. The second kappa shape index (κ2) is 4.53. The van der Waals surface area contributed by atoms with Crippen molar-refractivity contribution >= 4 is 11.1 Å². The van der Waals surface area contributed by atoms with Gasteiger partial charge in [-0.3, -0.25) is 0 Å². The van der Waals surface area contributed by atoms with Crippen LogP contribution in [0.3, 0.4) is 0 Å². The molecule has 0 fully saturated rings. The number of aromatic nitrogens is 1. The van der Waals surface area contributed by atoms with Crippen LogP contribution in [0.25, 0.3) is 11.1 Å². The van der Waals surface area contributed by atoms with Crippen LogP contribution in [0.2, 0.25) is 0 Å². The largest absolute Gasteiger partial charge is 0.441 e. The Kier molecular flexibility index (Phi) is 3.09. The van der Waals surface area contributed by atoms with Crippen LogP contribution >= 0.6 is 0 Å². The number of hydrogen-bond acceptors (Lipinski definition) is 5. The number of fused-ring (bicyclic) bond motifs is 1. The Morgan fingerprint density at radius 1 is 1.47 bits per heavy atom. The minimum absolute atomic E-state index is 0.116. The number of hydrogen-bond donors (Lipinski definition) is 2. The van der Waals surface area contributed by atoms with Gasteiger partial charge in [-0.1, -0.05) is 6.07 Å². The Labute approximate surface area is 97.9 Å². The van der Waals surface area contributed by atoms with Gasteiger partial charge in [0.2, 0.25) is 0 Å². The maximum Gasteiger partial charge on any atom is 0.192 e. The number of oxazole rings is 1. The average molecular weight is 232 g/mol. The van der Waals surface area contributed by atoms with Crippen molar-refractivity contribution in [3.63, 3.8) is 0 Å². The molecule has 5 heteroatoms. The zero-order valence-electron chi connectivity index (χ0n) is 9.29. The fourth-order valence-corrected chi connectivity index (χ4v) is 1.67. The molecule has 1 aromatic heterocycles. The second-order valence-electron chi connectivity index (χ2n) is 3.83. The number of nitrogens with zero attached hydrogens (tertiary/aromatic N) is 2. The summed E-state index contributed by atoms with van der Waals surface area (Å²) in [5.74, 6) is 0.546. The predicted molar refractivity (Wildman–Crippen MR) is 59.9 cm³/mol. The molecule has 17 heavy (non-hydrogen) atoms. The molecule has 0 radical (unpaired) electrons. The molecule has 2 aromatic rings. The molecule has 2 unspecified atom stereocenters. The van der Waals surface area contributed by atoms with E-state index in [9.17, 15) is 10.2 Å². The normalized spacial score (nSPS) is 14.5. The van der Waals surface area contributed by atoms with Crippen LogP contribution in [0.1, 0.15) is 24.0 Å². The van der Waals surface area contributed by atoms with Crippen LogP contribution < -0.4 is 0 Å². The van der Waals surface area contributed by atoms with E-state index < -0.39 is 12.2 Å². The third-order valence-corrected chi connectivity index (χ3v) is 2.53. The fourth-order valence-electron chi connectivity index (χ4n) is 1.67. The Hall–Kier alpha value is -1.90. The van der Waals surface area contributed by atoms with E-state index in [1.165, 1.54) is 0 Å². The van der Waals surface area contributed by atoms with Crippen LogP contribution in [0.4, 0.5) is 0 Å². The van der Waals surface area contributed by atoms with E-state index in [1.54, 1.807) is 25.1 Å². The summed E-state index contributed by atoms with van der Waals surface area (Å²) in [7, 11) is 0. The van der Waals surface area contributed by atoms with Crippen molar-refractivity contribution in [3.05, 3.63) is 29.7 Å². The zero-order chi connectivity index (χ0) is 12.4. The molecular formula is C12H12N2O3. The molecule has 0 aliphatic heterocycles. The van der Waals surface area contributed by atoms with Gasteiger partial charge in [0.05, 0.1) is 18.6 Å². The predicted octanol–water partition coefficient (Wildman–Crippen LogP) is 1.44. The van der Waals surface area contributed by atoms with E-state index in [0.29, 0.717) is 22.6 Å². The average Bonchev–Trinajstić information content (AvgIpc) is 2.67.